The quantitative estimate of drug-likeness (QED) is 0.630. The minimum Gasteiger partial charge on any atom is -0.465 e. The number of hydrogen-bond donors (Lipinski definition) is 2. The summed E-state index contributed by atoms with van der Waals surface area (Å²) in [6.45, 7) is 0.977. The minimum atomic E-state index is -0.900. The number of hydrogen-bond acceptors (Lipinski definition) is 5. The summed E-state index contributed by atoms with van der Waals surface area (Å²) in [5, 5.41) is 22.9. The maximum absolute atomic E-state index is 11.3. The standard InChI is InChI=1S/C22H18N4O2S/c23-12-16-13-24-21(25-17-7-4-10-26(14-17)22(27)28)19-11-18(29-20(16)19)9-8-15-5-2-1-3-6-15/h1-3,5-6,11,13,17H,4,7,10,14H2,(H,24,25)(H,27,28)/t17-/m0/s1. The molecule has 0 aliphatic carbocycles. The Bertz CT molecular complexity index is 1150. The van der Waals surface area contributed by atoms with Crippen molar-refractivity contribution in [2.75, 3.05) is 18.4 Å². The van der Waals surface area contributed by atoms with Gasteiger partial charge in [0.05, 0.1) is 15.1 Å². The zero-order valence-corrected chi connectivity index (χ0v) is 16.4. The van der Waals surface area contributed by atoms with Crippen molar-refractivity contribution in [3.8, 4) is 17.9 Å². The van der Waals surface area contributed by atoms with Crippen molar-refractivity contribution in [3.05, 3.63) is 58.6 Å². The summed E-state index contributed by atoms with van der Waals surface area (Å²) in [7, 11) is 0. The molecule has 3 aromatic rings. The van der Waals surface area contributed by atoms with Crippen LogP contribution in [0.1, 0.15) is 28.8 Å². The number of rotatable bonds is 2. The molecule has 1 aliphatic rings. The van der Waals surface area contributed by atoms with E-state index in [1.165, 1.54) is 16.2 Å². The molecule has 144 valence electrons. The molecule has 0 bridgehead atoms. The van der Waals surface area contributed by atoms with Crippen molar-refractivity contribution in [1.29, 1.82) is 5.26 Å². The van der Waals surface area contributed by atoms with Gasteiger partial charge in [0, 0.05) is 36.3 Å². The number of aromatic nitrogens is 1. The summed E-state index contributed by atoms with van der Waals surface area (Å²) in [4.78, 5) is 18.0. The third kappa shape index (κ3) is 4.16. The molecule has 1 aliphatic heterocycles. The SMILES string of the molecule is N#Cc1cnc(N[C@H]2CCCN(C(=O)O)C2)c2cc(C#Cc3ccccc3)sc12. The average molecular weight is 402 g/mol. The number of benzene rings is 1. The molecule has 0 saturated carbocycles. The molecule has 29 heavy (non-hydrogen) atoms. The summed E-state index contributed by atoms with van der Waals surface area (Å²) >= 11 is 1.47. The molecular weight excluding hydrogens is 384 g/mol. The van der Waals surface area contributed by atoms with Crippen LogP contribution in [0.5, 0.6) is 0 Å². The van der Waals surface area contributed by atoms with Crippen molar-refractivity contribution in [2.24, 2.45) is 0 Å². The first-order valence-electron chi connectivity index (χ1n) is 9.28. The van der Waals surface area contributed by atoms with Gasteiger partial charge < -0.3 is 15.3 Å². The number of pyridine rings is 1. The fraction of sp³-hybridized carbons (Fsp3) is 0.227. The van der Waals surface area contributed by atoms with Gasteiger partial charge in [-0.1, -0.05) is 30.0 Å². The average Bonchev–Trinajstić information content (AvgIpc) is 3.18. The second-order valence-corrected chi connectivity index (χ2v) is 7.87. The van der Waals surface area contributed by atoms with Crippen LogP contribution < -0.4 is 5.32 Å². The van der Waals surface area contributed by atoms with Gasteiger partial charge >= 0.3 is 6.09 Å². The van der Waals surface area contributed by atoms with Crippen molar-refractivity contribution in [1.82, 2.24) is 9.88 Å². The van der Waals surface area contributed by atoms with Gasteiger partial charge in [-0.05, 0) is 31.0 Å². The Morgan fingerprint density at radius 3 is 2.90 bits per heavy atom. The molecule has 1 atom stereocenters. The Balaban J connectivity index is 1.65. The predicted octanol–water partition coefficient (Wildman–Crippen LogP) is 4.12. The summed E-state index contributed by atoms with van der Waals surface area (Å²) in [5.74, 6) is 6.98. The zero-order valence-electron chi connectivity index (χ0n) is 15.6. The van der Waals surface area contributed by atoms with Crippen molar-refractivity contribution < 1.29 is 9.90 Å². The number of nitrogens with zero attached hydrogens (tertiary/aromatic N) is 3. The van der Waals surface area contributed by atoms with Crippen LogP contribution in [0.2, 0.25) is 0 Å². The lowest BCUT2D eigenvalue weighted by Crippen LogP contribution is -2.44. The molecule has 0 unspecified atom stereocenters. The van der Waals surface area contributed by atoms with Crippen LogP contribution in [0.3, 0.4) is 0 Å². The molecule has 0 spiro atoms. The number of carbonyl (C=O) groups is 1. The van der Waals surface area contributed by atoms with Crippen LogP contribution in [0.25, 0.3) is 10.1 Å². The van der Waals surface area contributed by atoms with Crippen LogP contribution in [-0.2, 0) is 0 Å². The predicted molar refractivity (Wildman–Crippen MR) is 113 cm³/mol. The molecule has 6 nitrogen and oxygen atoms in total. The van der Waals surface area contributed by atoms with Gasteiger partial charge in [-0.15, -0.1) is 11.3 Å². The van der Waals surface area contributed by atoms with Gasteiger partial charge in [-0.25, -0.2) is 9.78 Å². The molecule has 0 radical (unpaired) electrons. The first kappa shape index (κ1) is 18.8. The Morgan fingerprint density at radius 2 is 2.14 bits per heavy atom. The highest BCUT2D eigenvalue weighted by atomic mass is 32.1. The van der Waals surface area contributed by atoms with E-state index in [9.17, 15) is 15.2 Å². The molecule has 7 heteroatoms. The maximum atomic E-state index is 11.3. The Morgan fingerprint density at radius 1 is 1.31 bits per heavy atom. The number of piperidine rings is 1. The Hall–Kier alpha value is -3.55. The summed E-state index contributed by atoms with van der Waals surface area (Å²) in [6, 6.07) is 13.9. The topological polar surface area (TPSA) is 89.3 Å². The molecule has 2 aromatic heterocycles. The normalized spacial score (nSPS) is 16.0. The van der Waals surface area contributed by atoms with E-state index in [4.69, 9.17) is 0 Å². The number of likely N-dealkylation sites (tertiary alicyclic amines) is 1. The van der Waals surface area contributed by atoms with Crippen molar-refractivity contribution in [3.63, 3.8) is 0 Å². The van der Waals surface area contributed by atoms with Gasteiger partial charge in [0.1, 0.15) is 11.9 Å². The molecule has 1 fully saturated rings. The zero-order chi connectivity index (χ0) is 20.2. The molecular formula is C22H18N4O2S. The second-order valence-electron chi connectivity index (χ2n) is 6.81. The molecule has 3 heterocycles. The van der Waals surface area contributed by atoms with Gasteiger partial charge in [0.15, 0.2) is 0 Å². The largest absolute Gasteiger partial charge is 0.465 e. The Kier molecular flexibility index (Phi) is 5.33. The summed E-state index contributed by atoms with van der Waals surface area (Å²) in [5.41, 5.74) is 1.44. The Labute approximate surface area is 172 Å². The third-order valence-corrected chi connectivity index (χ3v) is 5.90. The van der Waals surface area contributed by atoms with Crippen molar-refractivity contribution in [2.45, 2.75) is 18.9 Å². The fourth-order valence-corrected chi connectivity index (χ4v) is 4.37. The van der Waals surface area contributed by atoms with E-state index in [0.29, 0.717) is 24.5 Å². The van der Waals surface area contributed by atoms with E-state index in [-0.39, 0.29) is 6.04 Å². The van der Waals surface area contributed by atoms with Gasteiger partial charge in [0.25, 0.3) is 0 Å². The van der Waals surface area contributed by atoms with Crippen LogP contribution in [0.4, 0.5) is 10.6 Å². The number of carboxylic acid groups (broad SMARTS) is 1. The number of nitrogens with one attached hydrogen (secondary N) is 1. The highest BCUT2D eigenvalue weighted by Gasteiger charge is 2.24. The highest BCUT2D eigenvalue weighted by molar-refractivity contribution is 7.19. The first-order valence-corrected chi connectivity index (χ1v) is 10.1. The van der Waals surface area contributed by atoms with E-state index in [2.05, 4.69) is 28.2 Å². The number of nitriles is 1. The van der Waals surface area contributed by atoms with E-state index in [0.717, 1.165) is 33.4 Å². The van der Waals surface area contributed by atoms with E-state index >= 15 is 0 Å². The van der Waals surface area contributed by atoms with E-state index in [1.807, 2.05) is 36.4 Å². The fourth-order valence-electron chi connectivity index (χ4n) is 3.40. The lowest BCUT2D eigenvalue weighted by atomic mass is 10.1. The molecule has 2 N–H and O–H groups in total. The van der Waals surface area contributed by atoms with E-state index < -0.39 is 6.09 Å². The summed E-state index contributed by atoms with van der Waals surface area (Å²) < 4.78 is 0.841. The van der Waals surface area contributed by atoms with Crippen LogP contribution >= 0.6 is 11.3 Å². The van der Waals surface area contributed by atoms with Crippen LogP contribution in [0, 0.1) is 23.2 Å². The number of thiophene rings is 1. The van der Waals surface area contributed by atoms with Crippen LogP contribution in [0.15, 0.2) is 42.6 Å². The first-order chi connectivity index (χ1) is 14.1. The van der Waals surface area contributed by atoms with Gasteiger partial charge in [0.2, 0.25) is 0 Å². The van der Waals surface area contributed by atoms with E-state index in [1.54, 1.807) is 6.20 Å². The summed E-state index contributed by atoms with van der Waals surface area (Å²) in [6.07, 6.45) is 2.34. The smallest absolute Gasteiger partial charge is 0.407 e. The lowest BCUT2D eigenvalue weighted by Gasteiger charge is -2.31. The maximum Gasteiger partial charge on any atom is 0.407 e. The van der Waals surface area contributed by atoms with Crippen molar-refractivity contribution >= 4 is 33.3 Å². The van der Waals surface area contributed by atoms with Gasteiger partial charge in [-0.3, -0.25) is 0 Å². The number of anilines is 1. The second kappa shape index (κ2) is 8.22. The van der Waals surface area contributed by atoms with Gasteiger partial charge in [-0.2, -0.15) is 5.26 Å². The number of amides is 1. The molecule has 1 aromatic carbocycles. The van der Waals surface area contributed by atoms with Crippen LogP contribution in [-0.4, -0.2) is 40.2 Å². The molecule has 4 rings (SSSR count). The lowest BCUT2D eigenvalue weighted by molar-refractivity contribution is 0.133. The molecule has 1 amide bonds. The number of fused-ring (bicyclic) bond motifs is 1. The highest BCUT2D eigenvalue weighted by Crippen LogP contribution is 2.33. The minimum absolute atomic E-state index is 0.0118. The third-order valence-electron chi connectivity index (χ3n) is 4.81. The monoisotopic (exact) mass is 402 g/mol. The molecule has 1 saturated heterocycles.